The minimum Gasteiger partial charge on any atom is -0.352 e. The number of carbonyl (C=O) groups is 2. The van der Waals surface area contributed by atoms with Crippen molar-refractivity contribution in [1.82, 2.24) is 10.2 Å². The zero-order valence-corrected chi connectivity index (χ0v) is 17.1. The fourth-order valence-electron chi connectivity index (χ4n) is 4.24. The van der Waals surface area contributed by atoms with Crippen LogP contribution < -0.4 is 5.32 Å². The molecule has 4 heteroatoms. The standard InChI is InChI=1S/C25H30N2O2/c1-2-18-8-10-20(11-9-18)23-15-14-22(17-27(23)25(29)21-12-13-21)24(28)26-16-19-6-4-3-5-7-19/h3-11,21-23H,2,12-17H2,1H3,(H,26,28). The molecule has 1 saturated heterocycles. The molecule has 0 radical (unpaired) electrons. The van der Waals surface area contributed by atoms with E-state index in [1.807, 2.05) is 35.2 Å². The number of rotatable bonds is 6. The van der Waals surface area contributed by atoms with E-state index in [0.717, 1.165) is 37.7 Å². The Hall–Kier alpha value is -2.62. The van der Waals surface area contributed by atoms with E-state index in [1.54, 1.807) is 0 Å². The normalized spacial score (nSPS) is 21.6. The van der Waals surface area contributed by atoms with Crippen LogP contribution in [0.4, 0.5) is 0 Å². The summed E-state index contributed by atoms with van der Waals surface area (Å²) in [5.74, 6) is 0.323. The van der Waals surface area contributed by atoms with Crippen LogP contribution in [-0.2, 0) is 22.6 Å². The Morgan fingerprint density at radius 3 is 2.24 bits per heavy atom. The molecule has 1 heterocycles. The molecule has 2 unspecified atom stereocenters. The maximum Gasteiger partial charge on any atom is 0.226 e. The van der Waals surface area contributed by atoms with Crippen LogP contribution >= 0.6 is 0 Å². The Bertz CT molecular complexity index is 843. The van der Waals surface area contributed by atoms with Crippen molar-refractivity contribution in [3.63, 3.8) is 0 Å². The number of nitrogens with one attached hydrogen (secondary N) is 1. The topological polar surface area (TPSA) is 49.4 Å². The molecular formula is C25H30N2O2. The quantitative estimate of drug-likeness (QED) is 0.801. The van der Waals surface area contributed by atoms with Gasteiger partial charge >= 0.3 is 0 Å². The first-order valence-electron chi connectivity index (χ1n) is 10.9. The lowest BCUT2D eigenvalue weighted by atomic mass is 9.87. The lowest BCUT2D eigenvalue weighted by molar-refractivity contribution is -0.140. The van der Waals surface area contributed by atoms with Gasteiger partial charge in [-0.15, -0.1) is 0 Å². The number of hydrogen-bond acceptors (Lipinski definition) is 2. The predicted molar refractivity (Wildman–Crippen MR) is 114 cm³/mol. The van der Waals surface area contributed by atoms with Crippen molar-refractivity contribution in [2.75, 3.05) is 6.54 Å². The SMILES string of the molecule is CCc1ccc(C2CCC(C(=O)NCc3ccccc3)CN2C(=O)C2CC2)cc1. The third-order valence-electron chi connectivity index (χ3n) is 6.24. The minimum atomic E-state index is -0.132. The van der Waals surface area contributed by atoms with Gasteiger partial charge in [-0.3, -0.25) is 9.59 Å². The fraction of sp³-hybridized carbons (Fsp3) is 0.440. The predicted octanol–water partition coefficient (Wildman–Crippen LogP) is 4.26. The van der Waals surface area contributed by atoms with Crippen molar-refractivity contribution in [2.45, 2.75) is 51.6 Å². The van der Waals surface area contributed by atoms with Crippen molar-refractivity contribution in [3.05, 3.63) is 71.3 Å². The van der Waals surface area contributed by atoms with Gasteiger partial charge in [-0.25, -0.2) is 0 Å². The average molecular weight is 391 g/mol. The Morgan fingerprint density at radius 1 is 0.897 bits per heavy atom. The molecule has 2 aromatic rings. The molecule has 4 nitrogen and oxygen atoms in total. The van der Waals surface area contributed by atoms with Crippen LogP contribution in [0, 0.1) is 11.8 Å². The summed E-state index contributed by atoms with van der Waals surface area (Å²) in [7, 11) is 0. The number of amides is 2. The summed E-state index contributed by atoms with van der Waals surface area (Å²) in [4.78, 5) is 27.8. The summed E-state index contributed by atoms with van der Waals surface area (Å²) in [5.41, 5.74) is 3.60. The summed E-state index contributed by atoms with van der Waals surface area (Å²) >= 11 is 0. The Labute approximate surface area is 173 Å². The number of nitrogens with zero attached hydrogens (tertiary/aromatic N) is 1. The first-order chi connectivity index (χ1) is 14.2. The number of benzene rings is 2. The molecular weight excluding hydrogens is 360 g/mol. The number of likely N-dealkylation sites (tertiary alicyclic amines) is 1. The molecule has 2 atom stereocenters. The largest absolute Gasteiger partial charge is 0.352 e. The Kier molecular flexibility index (Phi) is 5.98. The summed E-state index contributed by atoms with van der Waals surface area (Å²) in [6.07, 6.45) is 4.64. The second kappa shape index (κ2) is 8.81. The molecule has 1 N–H and O–H groups in total. The second-order valence-corrected chi connectivity index (χ2v) is 8.35. The van der Waals surface area contributed by atoms with E-state index >= 15 is 0 Å². The second-order valence-electron chi connectivity index (χ2n) is 8.35. The van der Waals surface area contributed by atoms with Gasteiger partial charge in [0.2, 0.25) is 11.8 Å². The lowest BCUT2D eigenvalue weighted by Crippen LogP contribution is -2.47. The summed E-state index contributed by atoms with van der Waals surface area (Å²) in [6, 6.07) is 18.7. The van der Waals surface area contributed by atoms with E-state index in [-0.39, 0.29) is 29.7 Å². The van der Waals surface area contributed by atoms with Crippen molar-refractivity contribution < 1.29 is 9.59 Å². The van der Waals surface area contributed by atoms with E-state index in [4.69, 9.17) is 0 Å². The van der Waals surface area contributed by atoms with Crippen LogP contribution in [0.25, 0.3) is 0 Å². The highest BCUT2D eigenvalue weighted by Gasteiger charge is 2.41. The molecule has 4 rings (SSSR count). The highest BCUT2D eigenvalue weighted by Crippen LogP contribution is 2.39. The molecule has 2 aromatic carbocycles. The summed E-state index contributed by atoms with van der Waals surface area (Å²) in [6.45, 7) is 3.21. The average Bonchev–Trinajstić information content (AvgIpc) is 3.63. The van der Waals surface area contributed by atoms with Gasteiger partial charge in [-0.2, -0.15) is 0 Å². The molecule has 152 valence electrons. The number of aryl methyl sites for hydroxylation is 1. The van der Waals surface area contributed by atoms with Gasteiger partial charge < -0.3 is 10.2 Å². The molecule has 0 aromatic heterocycles. The van der Waals surface area contributed by atoms with Gasteiger partial charge in [0.15, 0.2) is 0 Å². The maximum absolute atomic E-state index is 13.0. The minimum absolute atomic E-state index is 0.0576. The van der Waals surface area contributed by atoms with E-state index in [0.29, 0.717) is 13.1 Å². The van der Waals surface area contributed by atoms with Crippen LogP contribution in [0.2, 0.25) is 0 Å². The molecule has 1 aliphatic heterocycles. The van der Waals surface area contributed by atoms with Crippen LogP contribution in [-0.4, -0.2) is 23.3 Å². The van der Waals surface area contributed by atoms with Crippen molar-refractivity contribution in [3.8, 4) is 0 Å². The van der Waals surface area contributed by atoms with Gasteiger partial charge in [-0.1, -0.05) is 61.5 Å². The van der Waals surface area contributed by atoms with E-state index < -0.39 is 0 Å². The van der Waals surface area contributed by atoms with Gasteiger partial charge in [0.05, 0.1) is 12.0 Å². The van der Waals surface area contributed by atoms with Crippen molar-refractivity contribution in [2.24, 2.45) is 11.8 Å². The fourth-order valence-corrected chi connectivity index (χ4v) is 4.24. The molecule has 29 heavy (non-hydrogen) atoms. The molecule has 0 bridgehead atoms. The van der Waals surface area contributed by atoms with E-state index in [1.165, 1.54) is 11.1 Å². The van der Waals surface area contributed by atoms with E-state index in [2.05, 4.69) is 36.5 Å². The zero-order valence-electron chi connectivity index (χ0n) is 17.1. The van der Waals surface area contributed by atoms with Crippen LogP contribution in [0.5, 0.6) is 0 Å². The van der Waals surface area contributed by atoms with Crippen molar-refractivity contribution in [1.29, 1.82) is 0 Å². The molecule has 1 saturated carbocycles. The monoisotopic (exact) mass is 390 g/mol. The number of piperidine rings is 1. The first-order valence-corrected chi connectivity index (χ1v) is 10.9. The summed E-state index contributed by atoms with van der Waals surface area (Å²) in [5, 5.41) is 3.07. The highest BCUT2D eigenvalue weighted by molar-refractivity contribution is 5.84. The Morgan fingerprint density at radius 2 is 1.59 bits per heavy atom. The molecule has 0 spiro atoms. The maximum atomic E-state index is 13.0. The Balaban J connectivity index is 1.44. The molecule has 1 aliphatic carbocycles. The van der Waals surface area contributed by atoms with Crippen LogP contribution in [0.3, 0.4) is 0 Å². The molecule has 2 aliphatic rings. The van der Waals surface area contributed by atoms with Gasteiger partial charge in [0.1, 0.15) is 0 Å². The van der Waals surface area contributed by atoms with Crippen LogP contribution in [0.15, 0.2) is 54.6 Å². The van der Waals surface area contributed by atoms with E-state index in [9.17, 15) is 9.59 Å². The van der Waals surface area contributed by atoms with Gasteiger partial charge in [0.25, 0.3) is 0 Å². The zero-order chi connectivity index (χ0) is 20.2. The van der Waals surface area contributed by atoms with Gasteiger partial charge in [0, 0.05) is 19.0 Å². The van der Waals surface area contributed by atoms with Crippen LogP contribution in [0.1, 0.15) is 55.3 Å². The van der Waals surface area contributed by atoms with Gasteiger partial charge in [-0.05, 0) is 48.8 Å². The third-order valence-corrected chi connectivity index (χ3v) is 6.24. The smallest absolute Gasteiger partial charge is 0.226 e. The third kappa shape index (κ3) is 4.69. The molecule has 2 amide bonds. The number of carbonyl (C=O) groups excluding carboxylic acids is 2. The highest BCUT2D eigenvalue weighted by atomic mass is 16.2. The summed E-state index contributed by atoms with van der Waals surface area (Å²) < 4.78 is 0. The number of hydrogen-bond donors (Lipinski definition) is 1. The molecule has 2 fully saturated rings. The first kappa shape index (κ1) is 19.7. The van der Waals surface area contributed by atoms with Crippen molar-refractivity contribution >= 4 is 11.8 Å². The lowest BCUT2D eigenvalue weighted by Gasteiger charge is -2.40.